The summed E-state index contributed by atoms with van der Waals surface area (Å²) < 4.78 is 39.2. The van der Waals surface area contributed by atoms with E-state index in [-0.39, 0.29) is 11.5 Å². The maximum Gasteiger partial charge on any atom is 0.417 e. The molecule has 4 nitrogen and oxygen atoms in total. The number of amides is 1. The molecule has 28 heavy (non-hydrogen) atoms. The molecule has 0 unspecified atom stereocenters. The molecule has 0 aliphatic carbocycles. The van der Waals surface area contributed by atoms with E-state index in [9.17, 15) is 22.8 Å². The molecule has 1 amide bonds. The first-order chi connectivity index (χ1) is 13.3. The highest BCUT2D eigenvalue weighted by atomic mass is 35.5. The van der Waals surface area contributed by atoms with Gasteiger partial charge in [0.25, 0.3) is 0 Å². The van der Waals surface area contributed by atoms with Gasteiger partial charge in [0.15, 0.2) is 0 Å². The SMILES string of the molecule is O=C1CCN([C@H](C(=O)Nc2ccc(Cl)c(C(F)(F)F)c2)c2ccccc2)CC1. The Kier molecular flexibility index (Phi) is 6.05. The number of benzene rings is 2. The fraction of sp³-hybridized carbons (Fsp3) is 0.300. The Morgan fingerprint density at radius 2 is 1.71 bits per heavy atom. The Labute approximate surface area is 165 Å². The fourth-order valence-corrected chi connectivity index (χ4v) is 3.45. The van der Waals surface area contributed by atoms with E-state index in [1.807, 2.05) is 11.0 Å². The number of rotatable bonds is 4. The molecular weight excluding hydrogens is 393 g/mol. The summed E-state index contributed by atoms with van der Waals surface area (Å²) in [4.78, 5) is 26.4. The van der Waals surface area contributed by atoms with Crippen molar-refractivity contribution in [3.63, 3.8) is 0 Å². The third kappa shape index (κ3) is 4.72. The number of nitrogens with zero attached hydrogens (tertiary/aromatic N) is 1. The van der Waals surface area contributed by atoms with Crippen molar-refractivity contribution in [2.75, 3.05) is 18.4 Å². The van der Waals surface area contributed by atoms with E-state index in [4.69, 9.17) is 11.6 Å². The number of hydrogen-bond donors (Lipinski definition) is 1. The van der Waals surface area contributed by atoms with Crippen LogP contribution < -0.4 is 5.32 Å². The molecule has 1 heterocycles. The lowest BCUT2D eigenvalue weighted by molar-refractivity contribution is -0.137. The summed E-state index contributed by atoms with van der Waals surface area (Å²) in [7, 11) is 0. The quantitative estimate of drug-likeness (QED) is 0.794. The molecule has 2 aromatic carbocycles. The number of likely N-dealkylation sites (tertiary alicyclic amines) is 1. The molecule has 0 spiro atoms. The minimum absolute atomic E-state index is 0.00995. The van der Waals surface area contributed by atoms with Gasteiger partial charge in [-0.15, -0.1) is 0 Å². The fourth-order valence-electron chi connectivity index (χ4n) is 3.23. The van der Waals surface area contributed by atoms with Crippen molar-refractivity contribution >= 4 is 29.0 Å². The molecule has 0 radical (unpaired) electrons. The third-order valence-corrected chi connectivity index (χ3v) is 4.95. The number of carbonyl (C=O) groups excluding carboxylic acids is 2. The standard InChI is InChI=1S/C20H18ClF3N2O2/c21-17-7-6-14(12-16(17)20(22,23)24)25-19(28)18(13-4-2-1-3-5-13)26-10-8-15(27)9-11-26/h1-7,12,18H,8-11H2,(H,25,28)/t18-/m0/s1. The number of ketones is 1. The van der Waals surface area contributed by atoms with Crippen molar-refractivity contribution in [2.45, 2.75) is 25.1 Å². The van der Waals surface area contributed by atoms with Crippen LogP contribution in [-0.2, 0) is 15.8 Å². The van der Waals surface area contributed by atoms with Crippen LogP contribution in [-0.4, -0.2) is 29.7 Å². The van der Waals surface area contributed by atoms with Crippen LogP contribution in [0.4, 0.5) is 18.9 Å². The Morgan fingerprint density at radius 3 is 2.32 bits per heavy atom. The second-order valence-corrected chi connectivity index (χ2v) is 6.98. The second-order valence-electron chi connectivity index (χ2n) is 6.57. The maximum absolute atomic E-state index is 13.1. The van der Waals surface area contributed by atoms with Gasteiger partial charge in [0.1, 0.15) is 11.8 Å². The minimum Gasteiger partial charge on any atom is -0.324 e. The van der Waals surface area contributed by atoms with Crippen LogP contribution in [0.3, 0.4) is 0 Å². The van der Waals surface area contributed by atoms with Gasteiger partial charge in [-0.1, -0.05) is 41.9 Å². The number of Topliss-reactive ketones (excluding diaryl/α,β-unsaturated/α-hetero) is 1. The average molecular weight is 411 g/mol. The third-order valence-electron chi connectivity index (χ3n) is 4.62. The maximum atomic E-state index is 13.1. The van der Waals surface area contributed by atoms with Gasteiger partial charge in [0.2, 0.25) is 5.91 Å². The van der Waals surface area contributed by atoms with Gasteiger partial charge < -0.3 is 5.32 Å². The van der Waals surface area contributed by atoms with Crippen molar-refractivity contribution in [2.24, 2.45) is 0 Å². The van der Waals surface area contributed by atoms with E-state index in [1.54, 1.807) is 24.3 Å². The van der Waals surface area contributed by atoms with Gasteiger partial charge in [-0.2, -0.15) is 13.2 Å². The van der Waals surface area contributed by atoms with Gasteiger partial charge in [0.05, 0.1) is 10.6 Å². The average Bonchev–Trinajstić information content (AvgIpc) is 2.65. The lowest BCUT2D eigenvalue weighted by Gasteiger charge is -2.33. The largest absolute Gasteiger partial charge is 0.417 e. The Morgan fingerprint density at radius 1 is 1.07 bits per heavy atom. The molecule has 1 saturated heterocycles. The number of hydrogen-bond acceptors (Lipinski definition) is 3. The van der Waals surface area contributed by atoms with Crippen molar-refractivity contribution in [3.8, 4) is 0 Å². The number of piperidine rings is 1. The van der Waals surface area contributed by atoms with Crippen molar-refractivity contribution in [1.29, 1.82) is 0 Å². The van der Waals surface area contributed by atoms with Crippen molar-refractivity contribution in [1.82, 2.24) is 4.90 Å². The molecule has 0 saturated carbocycles. The first kappa shape index (κ1) is 20.4. The molecule has 1 aliphatic rings. The van der Waals surface area contributed by atoms with Crippen LogP contribution in [0.1, 0.15) is 30.0 Å². The summed E-state index contributed by atoms with van der Waals surface area (Å²) >= 11 is 5.64. The van der Waals surface area contributed by atoms with E-state index < -0.39 is 28.7 Å². The Balaban J connectivity index is 1.87. The molecule has 0 bridgehead atoms. The van der Waals surface area contributed by atoms with Gasteiger partial charge in [-0.25, -0.2) is 0 Å². The van der Waals surface area contributed by atoms with E-state index in [0.29, 0.717) is 31.5 Å². The van der Waals surface area contributed by atoms with Crippen molar-refractivity contribution < 1.29 is 22.8 Å². The summed E-state index contributed by atoms with van der Waals surface area (Å²) in [5, 5.41) is 2.13. The number of carbonyl (C=O) groups is 2. The minimum atomic E-state index is -4.62. The molecule has 3 rings (SSSR count). The molecule has 0 aromatic heterocycles. The summed E-state index contributed by atoms with van der Waals surface area (Å²) in [6.45, 7) is 0.834. The molecular formula is C20H18ClF3N2O2. The molecule has 1 N–H and O–H groups in total. The molecule has 8 heteroatoms. The van der Waals surface area contributed by atoms with Gasteiger partial charge in [0, 0.05) is 31.6 Å². The monoisotopic (exact) mass is 410 g/mol. The van der Waals surface area contributed by atoms with Crippen molar-refractivity contribution in [3.05, 3.63) is 64.7 Å². The zero-order valence-corrected chi connectivity index (χ0v) is 15.6. The zero-order chi connectivity index (χ0) is 20.3. The zero-order valence-electron chi connectivity index (χ0n) is 14.8. The molecule has 148 valence electrons. The van der Waals surface area contributed by atoms with E-state index >= 15 is 0 Å². The van der Waals surface area contributed by atoms with Crippen LogP contribution in [0.25, 0.3) is 0 Å². The summed E-state index contributed by atoms with van der Waals surface area (Å²) in [6.07, 6.45) is -3.94. The lowest BCUT2D eigenvalue weighted by atomic mass is 10.0. The lowest BCUT2D eigenvalue weighted by Crippen LogP contribution is -2.42. The van der Waals surface area contributed by atoms with Crippen LogP contribution >= 0.6 is 11.6 Å². The molecule has 1 aliphatic heterocycles. The Hall–Kier alpha value is -2.38. The number of nitrogens with one attached hydrogen (secondary N) is 1. The Bertz CT molecular complexity index is 861. The summed E-state index contributed by atoms with van der Waals surface area (Å²) in [5.74, 6) is -0.327. The van der Waals surface area contributed by atoms with Gasteiger partial charge >= 0.3 is 6.18 Å². The molecule has 1 atom stereocenters. The highest BCUT2D eigenvalue weighted by Gasteiger charge is 2.34. The van der Waals surface area contributed by atoms with E-state index in [0.717, 1.165) is 12.1 Å². The molecule has 2 aromatic rings. The number of anilines is 1. The summed E-state index contributed by atoms with van der Waals surface area (Å²) in [5.41, 5.74) is -0.290. The topological polar surface area (TPSA) is 49.4 Å². The normalized spacial score (nSPS) is 16.6. The predicted octanol–water partition coefficient (Wildman–Crippen LogP) is 4.70. The van der Waals surface area contributed by atoms with Gasteiger partial charge in [-0.05, 0) is 23.8 Å². The number of alkyl halides is 3. The van der Waals surface area contributed by atoms with Crippen LogP contribution in [0, 0.1) is 0 Å². The van der Waals surface area contributed by atoms with E-state index in [2.05, 4.69) is 5.32 Å². The highest BCUT2D eigenvalue weighted by Crippen LogP contribution is 2.36. The highest BCUT2D eigenvalue weighted by molar-refractivity contribution is 6.31. The van der Waals surface area contributed by atoms with E-state index in [1.165, 1.54) is 6.07 Å². The summed E-state index contributed by atoms with van der Waals surface area (Å²) in [6, 6.07) is 11.5. The molecule has 1 fully saturated rings. The van der Waals surface area contributed by atoms with Gasteiger partial charge in [-0.3, -0.25) is 14.5 Å². The van der Waals surface area contributed by atoms with Crippen LogP contribution in [0.15, 0.2) is 48.5 Å². The second kappa shape index (κ2) is 8.32. The number of halogens is 4. The smallest absolute Gasteiger partial charge is 0.324 e. The van der Waals surface area contributed by atoms with Crippen LogP contribution in [0.5, 0.6) is 0 Å². The van der Waals surface area contributed by atoms with Crippen LogP contribution in [0.2, 0.25) is 5.02 Å². The predicted molar refractivity (Wildman–Crippen MR) is 100 cm³/mol. The first-order valence-corrected chi connectivity index (χ1v) is 9.12. The first-order valence-electron chi connectivity index (χ1n) is 8.74.